The van der Waals surface area contributed by atoms with E-state index in [-0.39, 0.29) is 24.3 Å². The van der Waals surface area contributed by atoms with Gasteiger partial charge in [0, 0.05) is 32.4 Å². The Kier molecular flexibility index (Phi) is 5.38. The molecule has 2 N–H and O–H groups in total. The summed E-state index contributed by atoms with van der Waals surface area (Å²) in [4.78, 5) is 39.4. The summed E-state index contributed by atoms with van der Waals surface area (Å²) >= 11 is 0. The quantitative estimate of drug-likeness (QED) is 0.629. The first-order chi connectivity index (χ1) is 15.6. The fourth-order valence-corrected chi connectivity index (χ4v) is 4.54. The monoisotopic (exact) mass is 435 g/mol. The van der Waals surface area contributed by atoms with E-state index >= 15 is 0 Å². The molecule has 0 radical (unpaired) electrons. The third kappa shape index (κ3) is 4.10. The van der Waals surface area contributed by atoms with Crippen molar-refractivity contribution in [2.75, 3.05) is 31.9 Å². The highest BCUT2D eigenvalue weighted by atomic mass is 16.2. The highest BCUT2D eigenvalue weighted by molar-refractivity contribution is 5.94. The van der Waals surface area contributed by atoms with Crippen LogP contribution in [-0.2, 0) is 11.3 Å². The molecular formula is C21H25N9O2. The molecule has 0 bridgehead atoms. The smallest absolute Gasteiger partial charge is 0.272 e. The van der Waals surface area contributed by atoms with Gasteiger partial charge in [0.1, 0.15) is 12.2 Å². The molecule has 3 aromatic heterocycles. The molecule has 5 rings (SSSR count). The highest BCUT2D eigenvalue weighted by Crippen LogP contribution is 2.31. The first-order valence-corrected chi connectivity index (χ1v) is 10.9. The Hall–Kier alpha value is -3.63. The summed E-state index contributed by atoms with van der Waals surface area (Å²) in [6, 6.07) is 7.29. The Morgan fingerprint density at radius 2 is 1.88 bits per heavy atom. The molecule has 0 saturated carbocycles. The molecule has 0 aromatic carbocycles. The molecule has 2 saturated heterocycles. The second-order valence-corrected chi connectivity index (χ2v) is 8.48. The van der Waals surface area contributed by atoms with Gasteiger partial charge in [-0.05, 0) is 54.2 Å². The number of likely N-dealkylation sites (tertiary alicyclic amines) is 2. The van der Waals surface area contributed by atoms with E-state index in [1.807, 2.05) is 23.1 Å². The van der Waals surface area contributed by atoms with Crippen molar-refractivity contribution in [1.29, 1.82) is 0 Å². The fraction of sp³-hybridized carbons (Fsp3) is 0.476. The first-order valence-electron chi connectivity index (χ1n) is 10.9. The number of nitrogen functional groups attached to an aromatic ring is 1. The van der Waals surface area contributed by atoms with Gasteiger partial charge in [0.15, 0.2) is 0 Å². The number of fused-ring (bicyclic) bond motifs is 1. The lowest BCUT2D eigenvalue weighted by molar-refractivity contribution is -0.140. The lowest BCUT2D eigenvalue weighted by Crippen LogP contribution is -2.55. The highest BCUT2D eigenvalue weighted by Gasteiger charge is 2.38. The summed E-state index contributed by atoms with van der Waals surface area (Å²) < 4.78 is 0. The Balaban J connectivity index is 1.20. The Morgan fingerprint density at radius 1 is 1.03 bits per heavy atom. The van der Waals surface area contributed by atoms with E-state index in [4.69, 9.17) is 5.73 Å². The van der Waals surface area contributed by atoms with Gasteiger partial charge in [0.05, 0.1) is 11.0 Å². The lowest BCUT2D eigenvalue weighted by atomic mass is 9.82. The molecule has 2 amide bonds. The van der Waals surface area contributed by atoms with E-state index in [0.29, 0.717) is 37.2 Å². The molecule has 2 fully saturated rings. The molecule has 11 heteroatoms. The predicted octanol–water partition coefficient (Wildman–Crippen LogP) is 0.599. The molecule has 3 aromatic rings. The van der Waals surface area contributed by atoms with Crippen LogP contribution in [0, 0.1) is 11.8 Å². The number of pyridine rings is 2. The van der Waals surface area contributed by atoms with Gasteiger partial charge >= 0.3 is 0 Å². The largest absolute Gasteiger partial charge is 0.365 e. The number of nitrogens with two attached hydrogens (primary N) is 1. The summed E-state index contributed by atoms with van der Waals surface area (Å²) in [6.45, 7) is 2.84. The molecule has 11 nitrogen and oxygen atoms in total. The number of tetrazole rings is 1. The zero-order valence-electron chi connectivity index (χ0n) is 17.7. The van der Waals surface area contributed by atoms with E-state index in [2.05, 4.69) is 25.4 Å². The van der Waals surface area contributed by atoms with E-state index in [0.717, 1.165) is 36.8 Å². The standard InChI is InChI=1S/C21H25N9O2/c22-21-25-27-30(26-21)13-19(31)29-11-15(12-29)14-4-1-2-9-28(10-14)20(32)18-7-6-16-17(24-18)5-3-8-23-16/h3,5-8,14-15H,1-2,4,9-13H2,(H2,22,26). The van der Waals surface area contributed by atoms with Crippen molar-refractivity contribution in [1.82, 2.24) is 40.0 Å². The van der Waals surface area contributed by atoms with Crippen molar-refractivity contribution < 1.29 is 9.59 Å². The zero-order chi connectivity index (χ0) is 22.1. The van der Waals surface area contributed by atoms with Crippen LogP contribution in [0.3, 0.4) is 0 Å². The molecular weight excluding hydrogens is 410 g/mol. The fourth-order valence-electron chi connectivity index (χ4n) is 4.54. The van der Waals surface area contributed by atoms with Gasteiger partial charge in [-0.2, -0.15) is 4.80 Å². The van der Waals surface area contributed by atoms with Gasteiger partial charge in [-0.25, -0.2) is 4.98 Å². The number of rotatable bonds is 4. The van der Waals surface area contributed by atoms with Crippen LogP contribution in [0.4, 0.5) is 5.95 Å². The van der Waals surface area contributed by atoms with Gasteiger partial charge in [-0.1, -0.05) is 11.5 Å². The molecule has 0 spiro atoms. The SMILES string of the molecule is Nc1nnn(CC(=O)N2CC(C3CCCCN(C(=O)c4ccc5ncccc5n4)C3)C2)n1. The Morgan fingerprint density at radius 3 is 2.69 bits per heavy atom. The molecule has 2 aliphatic heterocycles. The maximum Gasteiger partial charge on any atom is 0.272 e. The predicted molar refractivity (Wildman–Crippen MR) is 115 cm³/mol. The minimum Gasteiger partial charge on any atom is -0.365 e. The number of hydrogen-bond acceptors (Lipinski definition) is 8. The van der Waals surface area contributed by atoms with Crippen molar-refractivity contribution in [3.05, 3.63) is 36.2 Å². The lowest BCUT2D eigenvalue weighted by Gasteiger charge is -2.44. The summed E-state index contributed by atoms with van der Waals surface area (Å²) in [5, 5.41) is 11.2. The van der Waals surface area contributed by atoms with E-state index < -0.39 is 0 Å². The van der Waals surface area contributed by atoms with Crippen molar-refractivity contribution in [2.45, 2.75) is 25.8 Å². The van der Waals surface area contributed by atoms with Crippen molar-refractivity contribution in [3.8, 4) is 0 Å². The van der Waals surface area contributed by atoms with Crippen LogP contribution in [0.15, 0.2) is 30.5 Å². The molecule has 5 heterocycles. The van der Waals surface area contributed by atoms with Crippen molar-refractivity contribution in [3.63, 3.8) is 0 Å². The minimum absolute atomic E-state index is 0.0364. The second kappa shape index (κ2) is 8.48. The normalized spacial score (nSPS) is 19.6. The van der Waals surface area contributed by atoms with Gasteiger partial charge < -0.3 is 15.5 Å². The van der Waals surface area contributed by atoms with Crippen molar-refractivity contribution in [2.24, 2.45) is 11.8 Å². The number of anilines is 1. The average molecular weight is 435 g/mol. The summed E-state index contributed by atoms with van der Waals surface area (Å²) in [5.41, 5.74) is 7.40. The number of hydrogen-bond donors (Lipinski definition) is 1. The number of aromatic nitrogens is 6. The molecule has 2 aliphatic rings. The minimum atomic E-state index is -0.0471. The topological polar surface area (TPSA) is 136 Å². The summed E-state index contributed by atoms with van der Waals surface area (Å²) in [6.07, 6.45) is 4.84. The van der Waals surface area contributed by atoms with Gasteiger partial charge in [0.25, 0.3) is 11.9 Å². The molecule has 1 unspecified atom stereocenters. The zero-order valence-corrected chi connectivity index (χ0v) is 17.7. The van der Waals surface area contributed by atoms with Crippen LogP contribution in [0.5, 0.6) is 0 Å². The van der Waals surface area contributed by atoms with Gasteiger partial charge in [-0.15, -0.1) is 5.10 Å². The summed E-state index contributed by atoms with van der Waals surface area (Å²) in [7, 11) is 0. The van der Waals surface area contributed by atoms with Crippen molar-refractivity contribution >= 4 is 28.8 Å². The van der Waals surface area contributed by atoms with Crippen LogP contribution in [0.1, 0.15) is 29.8 Å². The van der Waals surface area contributed by atoms with E-state index in [1.165, 1.54) is 4.80 Å². The Bertz CT molecular complexity index is 1140. The second-order valence-electron chi connectivity index (χ2n) is 8.48. The van der Waals surface area contributed by atoms with Crippen LogP contribution in [0.2, 0.25) is 0 Å². The molecule has 1 atom stereocenters. The number of carbonyl (C=O) groups excluding carboxylic acids is 2. The average Bonchev–Trinajstić information content (AvgIpc) is 3.02. The van der Waals surface area contributed by atoms with E-state index in [1.54, 1.807) is 17.2 Å². The van der Waals surface area contributed by atoms with Crippen LogP contribution < -0.4 is 5.73 Å². The Labute approximate surface area is 184 Å². The molecule has 0 aliphatic carbocycles. The maximum absolute atomic E-state index is 13.2. The van der Waals surface area contributed by atoms with E-state index in [9.17, 15) is 9.59 Å². The number of amides is 2. The number of nitrogens with zero attached hydrogens (tertiary/aromatic N) is 8. The third-order valence-corrected chi connectivity index (χ3v) is 6.34. The maximum atomic E-state index is 13.2. The number of carbonyl (C=O) groups is 2. The van der Waals surface area contributed by atoms with Gasteiger partial charge in [-0.3, -0.25) is 14.6 Å². The summed E-state index contributed by atoms with van der Waals surface area (Å²) in [5.74, 6) is 0.723. The molecule has 166 valence electrons. The van der Waals surface area contributed by atoms with Crippen LogP contribution >= 0.6 is 0 Å². The van der Waals surface area contributed by atoms with Gasteiger partial charge in [0.2, 0.25) is 5.91 Å². The third-order valence-electron chi connectivity index (χ3n) is 6.34. The van der Waals surface area contributed by atoms with Crippen LogP contribution in [-0.4, -0.2) is 78.0 Å². The van der Waals surface area contributed by atoms with Crippen LogP contribution in [0.25, 0.3) is 11.0 Å². The first kappa shape index (κ1) is 20.3. The molecule has 32 heavy (non-hydrogen) atoms.